The van der Waals surface area contributed by atoms with Gasteiger partial charge in [-0.2, -0.15) is 0 Å². The number of aryl methyl sites for hydroxylation is 1. The maximum absolute atomic E-state index is 11.1. The number of benzene rings is 2. The summed E-state index contributed by atoms with van der Waals surface area (Å²) in [5.74, 6) is 0. The van der Waals surface area contributed by atoms with Crippen molar-refractivity contribution in [1.29, 1.82) is 0 Å². The second-order valence-electron chi connectivity index (χ2n) is 5.42. The van der Waals surface area contributed by atoms with Crippen LogP contribution in [0.25, 0.3) is 0 Å². The Balaban J connectivity index is 2.02. The maximum atomic E-state index is 11.1. The highest BCUT2D eigenvalue weighted by Gasteiger charge is 2.35. The molecule has 0 fully saturated rings. The van der Waals surface area contributed by atoms with Crippen molar-refractivity contribution in [2.24, 2.45) is 0 Å². The van der Waals surface area contributed by atoms with Crippen LogP contribution in [0.15, 0.2) is 42.5 Å². The van der Waals surface area contributed by atoms with Gasteiger partial charge in [0.05, 0.1) is 5.60 Å². The minimum absolute atomic E-state index is 0.461. The average molecular weight is 307 g/mol. The molecule has 3 rings (SSSR count). The predicted octanol–water partition coefficient (Wildman–Crippen LogP) is 4.76. The minimum Gasteiger partial charge on any atom is -0.385 e. The largest absolute Gasteiger partial charge is 0.385 e. The third-order valence-corrected chi connectivity index (χ3v) is 4.79. The monoisotopic (exact) mass is 306 g/mol. The zero-order valence-corrected chi connectivity index (χ0v) is 12.6. The highest BCUT2D eigenvalue weighted by atomic mass is 35.5. The summed E-state index contributed by atoms with van der Waals surface area (Å²) in [7, 11) is 0. The molecule has 0 aliphatic heterocycles. The molecule has 1 aliphatic rings. The topological polar surface area (TPSA) is 20.2 Å². The van der Waals surface area contributed by atoms with E-state index in [1.54, 1.807) is 0 Å². The van der Waals surface area contributed by atoms with E-state index < -0.39 is 5.60 Å². The number of fused-ring (bicyclic) bond motifs is 1. The molecule has 1 unspecified atom stereocenters. The van der Waals surface area contributed by atoms with Gasteiger partial charge in [0.15, 0.2) is 0 Å². The molecular formula is C17H16Cl2O. The van der Waals surface area contributed by atoms with Crippen LogP contribution in [0.5, 0.6) is 0 Å². The molecular weight excluding hydrogens is 291 g/mol. The summed E-state index contributed by atoms with van der Waals surface area (Å²) in [6.07, 6.45) is 3.21. The second-order valence-corrected chi connectivity index (χ2v) is 6.23. The van der Waals surface area contributed by atoms with Crippen LogP contribution in [0.4, 0.5) is 0 Å². The van der Waals surface area contributed by atoms with Crippen molar-refractivity contribution in [3.63, 3.8) is 0 Å². The average Bonchev–Trinajstić information content (AvgIpc) is 2.44. The summed E-state index contributed by atoms with van der Waals surface area (Å²) < 4.78 is 0. The Morgan fingerprint density at radius 3 is 2.45 bits per heavy atom. The Labute approximate surface area is 129 Å². The van der Waals surface area contributed by atoms with Gasteiger partial charge in [0.25, 0.3) is 0 Å². The Morgan fingerprint density at radius 2 is 1.70 bits per heavy atom. The summed E-state index contributed by atoms with van der Waals surface area (Å²) in [6.45, 7) is 0. The van der Waals surface area contributed by atoms with Gasteiger partial charge in [-0.3, -0.25) is 0 Å². The van der Waals surface area contributed by atoms with E-state index in [0.717, 1.165) is 30.4 Å². The van der Waals surface area contributed by atoms with Crippen LogP contribution in [0.2, 0.25) is 10.0 Å². The Hall–Kier alpha value is -1.02. The van der Waals surface area contributed by atoms with Crippen molar-refractivity contribution in [3.8, 4) is 0 Å². The third-order valence-electron chi connectivity index (χ3n) is 4.09. The molecule has 1 N–H and O–H groups in total. The number of hydrogen-bond acceptors (Lipinski definition) is 1. The molecule has 3 heteroatoms. The molecule has 2 aromatic rings. The van der Waals surface area contributed by atoms with Crippen LogP contribution in [0, 0.1) is 0 Å². The van der Waals surface area contributed by atoms with Gasteiger partial charge in [0.1, 0.15) is 0 Å². The van der Waals surface area contributed by atoms with Gasteiger partial charge in [-0.1, -0.05) is 53.5 Å². The lowest BCUT2D eigenvalue weighted by Crippen LogP contribution is -2.33. The van der Waals surface area contributed by atoms with Crippen molar-refractivity contribution < 1.29 is 5.11 Å². The quantitative estimate of drug-likeness (QED) is 0.848. The predicted molar refractivity (Wildman–Crippen MR) is 83.4 cm³/mol. The number of halogens is 2. The van der Waals surface area contributed by atoms with Crippen LogP contribution in [-0.2, 0) is 18.4 Å². The SMILES string of the molecule is OC1(Cc2c(Cl)cccc2Cl)CCCc2ccccc21. The zero-order chi connectivity index (χ0) is 14.2. The lowest BCUT2D eigenvalue weighted by molar-refractivity contribution is 0.0191. The van der Waals surface area contributed by atoms with E-state index in [-0.39, 0.29) is 0 Å². The van der Waals surface area contributed by atoms with Crippen molar-refractivity contribution in [2.75, 3.05) is 0 Å². The number of aliphatic hydroxyl groups is 1. The van der Waals surface area contributed by atoms with E-state index >= 15 is 0 Å². The van der Waals surface area contributed by atoms with E-state index in [2.05, 4.69) is 6.07 Å². The smallest absolute Gasteiger partial charge is 0.0940 e. The highest BCUT2D eigenvalue weighted by Crippen LogP contribution is 2.40. The van der Waals surface area contributed by atoms with Crippen molar-refractivity contribution in [1.82, 2.24) is 0 Å². The fourth-order valence-electron chi connectivity index (χ4n) is 3.08. The van der Waals surface area contributed by atoms with Crippen LogP contribution < -0.4 is 0 Å². The van der Waals surface area contributed by atoms with Gasteiger partial charge in [0, 0.05) is 16.5 Å². The molecule has 0 spiro atoms. The standard InChI is InChI=1S/C17H16Cl2O/c18-15-8-3-9-16(19)13(15)11-17(20)10-4-6-12-5-1-2-7-14(12)17/h1-3,5,7-9,20H,4,6,10-11H2. The first-order chi connectivity index (χ1) is 9.60. The lowest BCUT2D eigenvalue weighted by atomic mass is 9.76. The summed E-state index contributed by atoms with van der Waals surface area (Å²) in [4.78, 5) is 0. The van der Waals surface area contributed by atoms with Crippen molar-refractivity contribution in [3.05, 3.63) is 69.2 Å². The van der Waals surface area contributed by atoms with E-state index in [1.807, 2.05) is 36.4 Å². The Bertz CT molecular complexity index is 618. The van der Waals surface area contributed by atoms with E-state index in [1.165, 1.54) is 5.56 Å². The molecule has 0 saturated carbocycles. The van der Waals surface area contributed by atoms with E-state index in [0.29, 0.717) is 16.5 Å². The lowest BCUT2D eigenvalue weighted by Gasteiger charge is -2.35. The molecule has 104 valence electrons. The highest BCUT2D eigenvalue weighted by molar-refractivity contribution is 6.36. The molecule has 20 heavy (non-hydrogen) atoms. The van der Waals surface area contributed by atoms with E-state index in [9.17, 15) is 5.11 Å². The molecule has 2 aromatic carbocycles. The Kier molecular flexibility index (Phi) is 3.76. The summed E-state index contributed by atoms with van der Waals surface area (Å²) in [5.41, 5.74) is 2.20. The van der Waals surface area contributed by atoms with Crippen molar-refractivity contribution >= 4 is 23.2 Å². The molecule has 1 nitrogen and oxygen atoms in total. The first-order valence-electron chi connectivity index (χ1n) is 6.84. The van der Waals surface area contributed by atoms with Crippen LogP contribution in [0.3, 0.4) is 0 Å². The fraction of sp³-hybridized carbons (Fsp3) is 0.294. The van der Waals surface area contributed by atoms with E-state index in [4.69, 9.17) is 23.2 Å². The molecule has 0 radical (unpaired) electrons. The number of rotatable bonds is 2. The Morgan fingerprint density at radius 1 is 1.00 bits per heavy atom. The normalized spacial score (nSPS) is 21.6. The van der Waals surface area contributed by atoms with Crippen LogP contribution >= 0.6 is 23.2 Å². The summed E-state index contributed by atoms with van der Waals surface area (Å²) >= 11 is 12.5. The molecule has 1 aliphatic carbocycles. The molecule has 0 heterocycles. The fourth-order valence-corrected chi connectivity index (χ4v) is 3.61. The first-order valence-corrected chi connectivity index (χ1v) is 7.59. The molecule has 0 aromatic heterocycles. The van der Waals surface area contributed by atoms with Crippen LogP contribution in [-0.4, -0.2) is 5.11 Å². The first kappa shape index (κ1) is 13.9. The maximum Gasteiger partial charge on any atom is 0.0940 e. The van der Waals surface area contributed by atoms with Gasteiger partial charge >= 0.3 is 0 Å². The molecule has 1 atom stereocenters. The molecule has 0 bridgehead atoms. The second kappa shape index (κ2) is 5.40. The van der Waals surface area contributed by atoms with Gasteiger partial charge in [-0.25, -0.2) is 0 Å². The van der Waals surface area contributed by atoms with Gasteiger partial charge < -0.3 is 5.11 Å². The minimum atomic E-state index is -0.872. The van der Waals surface area contributed by atoms with Gasteiger partial charge in [0.2, 0.25) is 0 Å². The third kappa shape index (κ3) is 2.46. The molecule has 0 amide bonds. The zero-order valence-electron chi connectivity index (χ0n) is 11.1. The van der Waals surface area contributed by atoms with Crippen LogP contribution in [0.1, 0.15) is 29.5 Å². The van der Waals surface area contributed by atoms with Gasteiger partial charge in [-0.15, -0.1) is 0 Å². The van der Waals surface area contributed by atoms with Crippen molar-refractivity contribution in [2.45, 2.75) is 31.3 Å². The summed E-state index contributed by atoms with van der Waals surface area (Å²) in [6, 6.07) is 13.6. The summed E-state index contributed by atoms with van der Waals surface area (Å²) in [5, 5.41) is 12.3. The molecule has 0 saturated heterocycles. The number of hydrogen-bond donors (Lipinski definition) is 1. The van der Waals surface area contributed by atoms with Gasteiger partial charge in [-0.05, 0) is 48.1 Å².